The highest BCUT2D eigenvalue weighted by atomic mass is 16.3. The highest BCUT2D eigenvalue weighted by Gasteiger charge is 2.04. The summed E-state index contributed by atoms with van der Waals surface area (Å²) in [5.41, 5.74) is 4.60. The van der Waals surface area contributed by atoms with Crippen LogP contribution in [0.3, 0.4) is 0 Å². The third-order valence-electron chi connectivity index (χ3n) is 3.68. The van der Waals surface area contributed by atoms with Crippen molar-refractivity contribution in [1.82, 2.24) is 0 Å². The molecule has 0 aromatic heterocycles. The zero-order valence-electron chi connectivity index (χ0n) is 14.5. The molecule has 0 heterocycles. The van der Waals surface area contributed by atoms with E-state index < -0.39 is 0 Å². The highest BCUT2D eigenvalue weighted by Crippen LogP contribution is 2.25. The fourth-order valence-corrected chi connectivity index (χ4v) is 2.45. The fourth-order valence-electron chi connectivity index (χ4n) is 2.45. The van der Waals surface area contributed by atoms with Crippen LogP contribution in [-0.4, -0.2) is 10.2 Å². The van der Waals surface area contributed by atoms with Crippen molar-refractivity contribution >= 4 is 0 Å². The van der Waals surface area contributed by atoms with Gasteiger partial charge in [-0.15, -0.1) is 0 Å². The molecule has 2 nitrogen and oxygen atoms in total. The molecule has 0 fully saturated rings. The van der Waals surface area contributed by atoms with E-state index in [1.165, 1.54) is 11.1 Å². The van der Waals surface area contributed by atoms with E-state index in [1.807, 2.05) is 32.0 Å². The second-order valence-corrected chi connectivity index (χ2v) is 6.41. The number of phenols is 2. The largest absolute Gasteiger partial charge is 0.508 e. The minimum Gasteiger partial charge on any atom is -0.508 e. The van der Waals surface area contributed by atoms with Crippen molar-refractivity contribution in [3.63, 3.8) is 0 Å². The number of aryl methyl sites for hydroxylation is 2. The summed E-state index contributed by atoms with van der Waals surface area (Å²) in [4.78, 5) is 0. The summed E-state index contributed by atoms with van der Waals surface area (Å²) in [6.07, 6.45) is 0. The standard InChI is InChI=1S/2C10H14O/c1-7(2)10-5-4-9(11)6-8(10)3;1-7(2)9-5-4-8(3)6-10(9)11/h2*4-7,11H,1-3H3. The summed E-state index contributed by atoms with van der Waals surface area (Å²) < 4.78 is 0. The Morgan fingerprint density at radius 2 is 1.27 bits per heavy atom. The lowest BCUT2D eigenvalue weighted by Gasteiger charge is -2.08. The van der Waals surface area contributed by atoms with E-state index in [0.717, 1.165) is 11.1 Å². The predicted octanol–water partition coefficient (Wildman–Crippen LogP) is 5.65. The lowest BCUT2D eigenvalue weighted by molar-refractivity contribution is 0.464. The zero-order valence-corrected chi connectivity index (χ0v) is 14.5. The van der Waals surface area contributed by atoms with Crippen LogP contribution >= 0.6 is 0 Å². The van der Waals surface area contributed by atoms with Gasteiger partial charge in [0.1, 0.15) is 11.5 Å². The lowest BCUT2D eigenvalue weighted by Crippen LogP contribution is -1.90. The van der Waals surface area contributed by atoms with Gasteiger partial charge in [0.25, 0.3) is 0 Å². The Bertz CT molecular complexity index is 558. The Hall–Kier alpha value is -1.96. The molecule has 120 valence electrons. The molecule has 0 amide bonds. The minimum absolute atomic E-state index is 0.354. The molecule has 0 unspecified atom stereocenters. The third kappa shape index (κ3) is 5.10. The monoisotopic (exact) mass is 300 g/mol. The number of hydrogen-bond donors (Lipinski definition) is 2. The Morgan fingerprint density at radius 1 is 0.727 bits per heavy atom. The fraction of sp³-hybridized carbons (Fsp3) is 0.400. The molecule has 0 saturated heterocycles. The van der Waals surface area contributed by atoms with Crippen molar-refractivity contribution in [3.8, 4) is 11.5 Å². The van der Waals surface area contributed by atoms with E-state index in [2.05, 4.69) is 27.7 Å². The van der Waals surface area contributed by atoms with Gasteiger partial charge in [0.15, 0.2) is 0 Å². The van der Waals surface area contributed by atoms with E-state index in [9.17, 15) is 5.11 Å². The summed E-state index contributed by atoms with van der Waals surface area (Å²) in [5, 5.41) is 18.6. The first-order valence-corrected chi connectivity index (χ1v) is 7.81. The first kappa shape index (κ1) is 18.1. The quantitative estimate of drug-likeness (QED) is 0.752. The van der Waals surface area contributed by atoms with Gasteiger partial charge < -0.3 is 10.2 Å². The molecule has 2 heteroatoms. The van der Waals surface area contributed by atoms with Gasteiger partial charge in [0.2, 0.25) is 0 Å². The second-order valence-electron chi connectivity index (χ2n) is 6.41. The molecule has 0 aliphatic rings. The van der Waals surface area contributed by atoms with Crippen molar-refractivity contribution in [2.45, 2.75) is 53.4 Å². The molecule has 2 aromatic carbocycles. The number of phenolic OH excluding ortho intramolecular Hbond substituents is 2. The van der Waals surface area contributed by atoms with Gasteiger partial charge in [0, 0.05) is 0 Å². The zero-order chi connectivity index (χ0) is 16.9. The maximum atomic E-state index is 9.46. The third-order valence-corrected chi connectivity index (χ3v) is 3.68. The van der Waals surface area contributed by atoms with Crippen LogP contribution in [0.1, 0.15) is 61.8 Å². The smallest absolute Gasteiger partial charge is 0.119 e. The van der Waals surface area contributed by atoms with Gasteiger partial charge in [-0.2, -0.15) is 0 Å². The molecule has 0 aliphatic carbocycles. The molecule has 0 spiro atoms. The molecule has 2 N–H and O–H groups in total. The van der Waals surface area contributed by atoms with Gasteiger partial charge in [0.05, 0.1) is 0 Å². The summed E-state index contributed by atoms with van der Waals surface area (Å²) in [7, 11) is 0. The first-order chi connectivity index (χ1) is 10.2. The molecule has 0 radical (unpaired) electrons. The summed E-state index contributed by atoms with van der Waals surface area (Å²) >= 11 is 0. The van der Waals surface area contributed by atoms with Crippen LogP contribution < -0.4 is 0 Å². The van der Waals surface area contributed by atoms with Crippen molar-refractivity contribution < 1.29 is 10.2 Å². The number of rotatable bonds is 2. The van der Waals surface area contributed by atoms with Crippen molar-refractivity contribution in [1.29, 1.82) is 0 Å². The molecular weight excluding hydrogens is 272 g/mol. The van der Waals surface area contributed by atoms with E-state index in [-0.39, 0.29) is 0 Å². The van der Waals surface area contributed by atoms with Gasteiger partial charge in [-0.3, -0.25) is 0 Å². The number of hydrogen-bond acceptors (Lipinski definition) is 2. The normalized spacial score (nSPS) is 10.5. The van der Waals surface area contributed by atoms with Crippen molar-refractivity contribution in [3.05, 3.63) is 58.7 Å². The van der Waals surface area contributed by atoms with Gasteiger partial charge in [-0.05, 0) is 66.1 Å². The van der Waals surface area contributed by atoms with Crippen LogP contribution in [-0.2, 0) is 0 Å². The molecule has 0 aliphatic heterocycles. The SMILES string of the molecule is Cc1cc(O)ccc1C(C)C.Cc1ccc(C(C)C)c(O)c1. The summed E-state index contributed by atoms with van der Waals surface area (Å²) in [5.74, 6) is 1.71. The molecule has 0 saturated carbocycles. The Morgan fingerprint density at radius 3 is 1.73 bits per heavy atom. The average Bonchev–Trinajstić information content (AvgIpc) is 2.38. The topological polar surface area (TPSA) is 40.5 Å². The molecular formula is C20H28O2. The van der Waals surface area contributed by atoms with Gasteiger partial charge in [-0.25, -0.2) is 0 Å². The van der Waals surface area contributed by atoms with E-state index in [1.54, 1.807) is 18.2 Å². The summed E-state index contributed by atoms with van der Waals surface area (Å²) in [6.45, 7) is 12.5. The van der Waals surface area contributed by atoms with E-state index in [4.69, 9.17) is 5.11 Å². The molecule has 0 bridgehead atoms. The van der Waals surface area contributed by atoms with Crippen molar-refractivity contribution in [2.75, 3.05) is 0 Å². The molecule has 0 atom stereocenters. The predicted molar refractivity (Wildman–Crippen MR) is 93.9 cm³/mol. The molecule has 2 aromatic rings. The second kappa shape index (κ2) is 7.88. The van der Waals surface area contributed by atoms with E-state index in [0.29, 0.717) is 23.3 Å². The number of aromatic hydroxyl groups is 2. The van der Waals surface area contributed by atoms with Crippen LogP contribution in [0.4, 0.5) is 0 Å². The van der Waals surface area contributed by atoms with Crippen LogP contribution in [0.25, 0.3) is 0 Å². The first-order valence-electron chi connectivity index (χ1n) is 7.81. The average molecular weight is 300 g/mol. The van der Waals surface area contributed by atoms with Crippen LogP contribution in [0, 0.1) is 13.8 Å². The number of benzene rings is 2. The van der Waals surface area contributed by atoms with Crippen LogP contribution in [0.15, 0.2) is 36.4 Å². The van der Waals surface area contributed by atoms with Crippen molar-refractivity contribution in [2.24, 2.45) is 0 Å². The Balaban J connectivity index is 0.000000220. The molecule has 22 heavy (non-hydrogen) atoms. The van der Waals surface area contributed by atoms with Gasteiger partial charge in [-0.1, -0.05) is 45.9 Å². The maximum Gasteiger partial charge on any atom is 0.119 e. The minimum atomic E-state index is 0.354. The Labute approximate surface area is 134 Å². The molecule has 2 rings (SSSR count). The van der Waals surface area contributed by atoms with E-state index >= 15 is 0 Å². The van der Waals surface area contributed by atoms with Crippen LogP contribution in [0.2, 0.25) is 0 Å². The van der Waals surface area contributed by atoms with Crippen LogP contribution in [0.5, 0.6) is 11.5 Å². The summed E-state index contributed by atoms with van der Waals surface area (Å²) in [6, 6.07) is 11.3. The lowest BCUT2D eigenvalue weighted by atomic mass is 9.98. The Kier molecular flexibility index (Phi) is 6.48. The highest BCUT2D eigenvalue weighted by molar-refractivity contribution is 5.37. The maximum absolute atomic E-state index is 9.46. The van der Waals surface area contributed by atoms with Gasteiger partial charge >= 0.3 is 0 Å².